The van der Waals surface area contributed by atoms with Gasteiger partial charge in [0.05, 0.1) is 13.5 Å². The van der Waals surface area contributed by atoms with Crippen LogP contribution >= 0.6 is 11.3 Å². The summed E-state index contributed by atoms with van der Waals surface area (Å²) in [5, 5.41) is 3.87. The number of Topliss-reactive ketones (excluding diaryl/α,β-unsaturated/α-hetero) is 1. The molecule has 1 aromatic rings. The molecule has 76 valence electrons. The molecule has 0 amide bonds. The van der Waals surface area contributed by atoms with Crippen LogP contribution in [-0.2, 0) is 20.7 Å². The minimum Gasteiger partial charge on any atom is -0.469 e. The molecule has 1 rings (SSSR count). The highest BCUT2D eigenvalue weighted by atomic mass is 32.1. The average Bonchev–Trinajstić information content (AvgIpc) is 2.66. The van der Waals surface area contributed by atoms with Gasteiger partial charge in [0.2, 0.25) is 0 Å². The van der Waals surface area contributed by atoms with Crippen molar-refractivity contribution in [3.63, 3.8) is 0 Å². The van der Waals surface area contributed by atoms with Crippen molar-refractivity contribution in [2.75, 3.05) is 7.11 Å². The van der Waals surface area contributed by atoms with Crippen molar-refractivity contribution in [1.82, 2.24) is 0 Å². The molecule has 0 spiro atoms. The van der Waals surface area contributed by atoms with Gasteiger partial charge in [-0.15, -0.1) is 0 Å². The first-order chi connectivity index (χ1) is 6.72. The molecule has 0 unspecified atom stereocenters. The summed E-state index contributed by atoms with van der Waals surface area (Å²) < 4.78 is 4.45. The fourth-order valence-electron chi connectivity index (χ4n) is 1.05. The first kappa shape index (κ1) is 10.9. The predicted octanol–water partition coefficient (Wildman–Crippen LogP) is 1.81. The van der Waals surface area contributed by atoms with Crippen LogP contribution in [0.3, 0.4) is 0 Å². The van der Waals surface area contributed by atoms with Crippen molar-refractivity contribution in [3.8, 4) is 0 Å². The highest BCUT2D eigenvalue weighted by Gasteiger charge is 2.07. The molecular weight excluding hydrogens is 200 g/mol. The largest absolute Gasteiger partial charge is 0.469 e. The second-order valence-corrected chi connectivity index (χ2v) is 3.70. The molecule has 0 aliphatic rings. The van der Waals surface area contributed by atoms with Crippen LogP contribution in [0.25, 0.3) is 0 Å². The zero-order chi connectivity index (χ0) is 10.4. The van der Waals surface area contributed by atoms with Gasteiger partial charge in [0.25, 0.3) is 0 Å². The van der Waals surface area contributed by atoms with Crippen molar-refractivity contribution in [1.29, 1.82) is 0 Å². The number of hydrogen-bond acceptors (Lipinski definition) is 4. The lowest BCUT2D eigenvalue weighted by atomic mass is 10.1. The summed E-state index contributed by atoms with van der Waals surface area (Å²) in [6.07, 6.45) is 0.864. The molecule has 0 saturated carbocycles. The van der Waals surface area contributed by atoms with Crippen molar-refractivity contribution in [2.45, 2.75) is 19.3 Å². The van der Waals surface area contributed by atoms with E-state index in [0.717, 1.165) is 5.56 Å². The Bertz CT molecular complexity index is 303. The zero-order valence-electron chi connectivity index (χ0n) is 7.99. The van der Waals surface area contributed by atoms with E-state index in [1.54, 1.807) is 11.3 Å². The Labute approximate surface area is 86.7 Å². The summed E-state index contributed by atoms with van der Waals surface area (Å²) in [4.78, 5) is 22.1. The number of hydrogen-bond donors (Lipinski definition) is 0. The number of rotatable bonds is 5. The van der Waals surface area contributed by atoms with Gasteiger partial charge in [-0.1, -0.05) is 0 Å². The highest BCUT2D eigenvalue weighted by Crippen LogP contribution is 2.08. The van der Waals surface area contributed by atoms with Gasteiger partial charge < -0.3 is 4.74 Å². The van der Waals surface area contributed by atoms with Gasteiger partial charge in [-0.05, 0) is 22.4 Å². The van der Waals surface area contributed by atoms with Crippen LogP contribution in [0.1, 0.15) is 18.4 Å². The van der Waals surface area contributed by atoms with E-state index in [-0.39, 0.29) is 24.6 Å². The van der Waals surface area contributed by atoms with Gasteiger partial charge in [0.1, 0.15) is 5.78 Å². The summed E-state index contributed by atoms with van der Waals surface area (Å²) >= 11 is 1.57. The first-order valence-corrected chi connectivity index (χ1v) is 5.26. The monoisotopic (exact) mass is 212 g/mol. The van der Waals surface area contributed by atoms with E-state index in [1.165, 1.54) is 7.11 Å². The molecule has 0 fully saturated rings. The van der Waals surface area contributed by atoms with Gasteiger partial charge in [-0.25, -0.2) is 0 Å². The molecule has 0 atom stereocenters. The molecule has 0 aliphatic carbocycles. The Kier molecular flexibility index (Phi) is 4.32. The van der Waals surface area contributed by atoms with Gasteiger partial charge >= 0.3 is 5.97 Å². The number of methoxy groups -OCH3 is 1. The van der Waals surface area contributed by atoms with E-state index >= 15 is 0 Å². The minimum absolute atomic E-state index is 0.0776. The molecule has 0 aliphatic heterocycles. The Balaban J connectivity index is 2.26. The molecule has 1 heterocycles. The first-order valence-electron chi connectivity index (χ1n) is 4.32. The number of esters is 1. The van der Waals surface area contributed by atoms with Crippen LogP contribution in [0.5, 0.6) is 0 Å². The molecule has 14 heavy (non-hydrogen) atoms. The summed E-state index contributed by atoms with van der Waals surface area (Å²) in [5.41, 5.74) is 1.02. The van der Waals surface area contributed by atoms with Gasteiger partial charge in [-0.3, -0.25) is 9.59 Å². The maximum absolute atomic E-state index is 11.3. The second kappa shape index (κ2) is 5.54. The molecule has 3 nitrogen and oxygen atoms in total. The standard InChI is InChI=1S/C10H12O3S/c1-13-10(12)3-2-9(11)6-8-4-5-14-7-8/h4-5,7H,2-3,6H2,1H3. The van der Waals surface area contributed by atoms with E-state index < -0.39 is 0 Å². The smallest absolute Gasteiger partial charge is 0.305 e. The molecule has 4 heteroatoms. The second-order valence-electron chi connectivity index (χ2n) is 2.92. The Morgan fingerprint density at radius 1 is 1.43 bits per heavy atom. The third-order valence-electron chi connectivity index (χ3n) is 1.82. The van der Waals surface area contributed by atoms with Crippen LogP contribution in [0.2, 0.25) is 0 Å². The fraction of sp³-hybridized carbons (Fsp3) is 0.400. The third kappa shape index (κ3) is 3.70. The van der Waals surface area contributed by atoms with Crippen molar-refractivity contribution < 1.29 is 14.3 Å². The number of thiophene rings is 1. The van der Waals surface area contributed by atoms with Crippen LogP contribution in [-0.4, -0.2) is 18.9 Å². The SMILES string of the molecule is COC(=O)CCC(=O)Cc1ccsc1. The zero-order valence-corrected chi connectivity index (χ0v) is 8.80. The Hall–Kier alpha value is -1.16. The predicted molar refractivity (Wildman–Crippen MR) is 54.3 cm³/mol. The Morgan fingerprint density at radius 2 is 2.21 bits per heavy atom. The van der Waals surface area contributed by atoms with E-state index in [4.69, 9.17) is 0 Å². The number of carbonyl (C=O) groups excluding carboxylic acids is 2. The van der Waals surface area contributed by atoms with Gasteiger partial charge in [0, 0.05) is 12.8 Å². The molecule has 0 aromatic carbocycles. The third-order valence-corrected chi connectivity index (χ3v) is 2.55. The average molecular weight is 212 g/mol. The molecule has 1 aromatic heterocycles. The quantitative estimate of drug-likeness (QED) is 0.699. The lowest BCUT2D eigenvalue weighted by Gasteiger charge is -1.98. The molecule has 0 radical (unpaired) electrons. The number of ketones is 1. The molecule has 0 bridgehead atoms. The van der Waals surface area contributed by atoms with Crippen LogP contribution in [0, 0.1) is 0 Å². The van der Waals surface area contributed by atoms with E-state index in [9.17, 15) is 9.59 Å². The topological polar surface area (TPSA) is 43.4 Å². The summed E-state index contributed by atoms with van der Waals surface area (Å²) in [6, 6.07) is 1.92. The fourth-order valence-corrected chi connectivity index (χ4v) is 1.72. The Morgan fingerprint density at radius 3 is 2.79 bits per heavy atom. The van der Waals surface area contributed by atoms with Crippen LogP contribution in [0.4, 0.5) is 0 Å². The minimum atomic E-state index is -0.330. The number of carbonyl (C=O) groups is 2. The lowest BCUT2D eigenvalue weighted by Crippen LogP contribution is -2.07. The molecule has 0 saturated heterocycles. The van der Waals surface area contributed by atoms with Crippen LogP contribution in [0.15, 0.2) is 16.8 Å². The number of ether oxygens (including phenoxy) is 1. The maximum atomic E-state index is 11.3. The summed E-state index contributed by atoms with van der Waals surface area (Å²) in [6.45, 7) is 0. The van der Waals surface area contributed by atoms with Crippen molar-refractivity contribution in [2.24, 2.45) is 0 Å². The van der Waals surface area contributed by atoms with Crippen molar-refractivity contribution >= 4 is 23.1 Å². The summed E-state index contributed by atoms with van der Waals surface area (Å²) in [5.74, 6) is -0.252. The highest BCUT2D eigenvalue weighted by molar-refractivity contribution is 7.07. The van der Waals surface area contributed by atoms with Crippen LogP contribution < -0.4 is 0 Å². The molecule has 0 N–H and O–H groups in total. The van der Waals surface area contributed by atoms with E-state index in [2.05, 4.69) is 4.74 Å². The maximum Gasteiger partial charge on any atom is 0.305 e. The van der Waals surface area contributed by atoms with Gasteiger partial charge in [-0.2, -0.15) is 11.3 Å². The van der Waals surface area contributed by atoms with E-state index in [1.807, 2.05) is 16.8 Å². The normalized spacial score (nSPS) is 9.79. The van der Waals surface area contributed by atoms with Gasteiger partial charge in [0.15, 0.2) is 0 Å². The summed E-state index contributed by atoms with van der Waals surface area (Å²) in [7, 11) is 1.33. The molecular formula is C10H12O3S. The lowest BCUT2D eigenvalue weighted by molar-refractivity contribution is -0.141. The van der Waals surface area contributed by atoms with E-state index in [0.29, 0.717) is 6.42 Å². The van der Waals surface area contributed by atoms with Crippen molar-refractivity contribution in [3.05, 3.63) is 22.4 Å².